The van der Waals surface area contributed by atoms with E-state index in [1.807, 2.05) is 0 Å². The van der Waals surface area contributed by atoms with Gasteiger partial charge in [0, 0.05) is 16.7 Å². The summed E-state index contributed by atoms with van der Waals surface area (Å²) in [5.74, 6) is 0.00456. The molecule has 0 aromatic heterocycles. The Labute approximate surface area is 124 Å². The van der Waals surface area contributed by atoms with Gasteiger partial charge in [-0.1, -0.05) is 19.9 Å². The lowest BCUT2D eigenvalue weighted by atomic mass is 9.71. The smallest absolute Gasteiger partial charge is 0.333 e. The zero-order chi connectivity index (χ0) is 15.6. The van der Waals surface area contributed by atoms with E-state index in [1.165, 1.54) is 0 Å². The van der Waals surface area contributed by atoms with Crippen molar-refractivity contribution in [1.82, 2.24) is 4.90 Å². The van der Waals surface area contributed by atoms with Crippen molar-refractivity contribution in [2.45, 2.75) is 71.4 Å². The summed E-state index contributed by atoms with van der Waals surface area (Å²) in [4.78, 5) is 14.5. The van der Waals surface area contributed by atoms with Crippen LogP contribution in [0, 0.1) is 5.92 Å². The highest BCUT2D eigenvalue weighted by Crippen LogP contribution is 2.42. The molecule has 0 saturated carbocycles. The molecule has 1 saturated heterocycles. The third-order valence-electron chi connectivity index (χ3n) is 4.79. The van der Waals surface area contributed by atoms with E-state index in [1.54, 1.807) is 0 Å². The van der Waals surface area contributed by atoms with Gasteiger partial charge in [-0.3, -0.25) is 4.90 Å². The van der Waals surface area contributed by atoms with Crippen LogP contribution in [-0.2, 0) is 9.53 Å². The average Bonchev–Trinajstić information content (AvgIpc) is 2.34. The van der Waals surface area contributed by atoms with Crippen LogP contribution in [0.3, 0.4) is 0 Å². The quantitative estimate of drug-likeness (QED) is 0.436. The number of likely N-dealkylation sites (tertiary alicyclic amines) is 1. The Morgan fingerprint density at radius 3 is 2.20 bits per heavy atom. The van der Waals surface area contributed by atoms with Crippen molar-refractivity contribution in [3.05, 3.63) is 12.2 Å². The predicted molar refractivity (Wildman–Crippen MR) is 83.7 cm³/mol. The zero-order valence-corrected chi connectivity index (χ0v) is 14.1. The minimum absolute atomic E-state index is 0.0685. The lowest BCUT2D eigenvalue weighted by molar-refractivity contribution is -0.140. The molecule has 0 aromatic carbocycles. The van der Waals surface area contributed by atoms with Gasteiger partial charge in [0.05, 0.1) is 6.61 Å². The molecule has 1 heterocycles. The van der Waals surface area contributed by atoms with Crippen molar-refractivity contribution >= 4 is 5.97 Å². The normalized spacial score (nSPS) is 22.5. The third kappa shape index (κ3) is 3.85. The molecular weight excluding hydrogens is 250 g/mol. The van der Waals surface area contributed by atoms with Crippen LogP contribution in [0.1, 0.15) is 60.3 Å². The Morgan fingerprint density at radius 1 is 1.25 bits per heavy atom. The molecule has 0 N–H and O–H groups in total. The van der Waals surface area contributed by atoms with Crippen molar-refractivity contribution in [2.75, 3.05) is 13.7 Å². The van der Waals surface area contributed by atoms with Crippen LogP contribution in [0.5, 0.6) is 0 Å². The van der Waals surface area contributed by atoms with Gasteiger partial charge < -0.3 is 4.74 Å². The van der Waals surface area contributed by atoms with Gasteiger partial charge in [-0.2, -0.15) is 0 Å². The molecule has 1 rings (SSSR count). The van der Waals surface area contributed by atoms with Gasteiger partial charge in [0.1, 0.15) is 0 Å². The second-order valence-electron chi connectivity index (χ2n) is 7.30. The van der Waals surface area contributed by atoms with E-state index in [0.717, 1.165) is 25.7 Å². The maximum atomic E-state index is 12.1. The van der Waals surface area contributed by atoms with E-state index < -0.39 is 0 Å². The molecule has 0 bridgehead atoms. The molecule has 1 aliphatic heterocycles. The molecule has 0 radical (unpaired) electrons. The molecule has 1 fully saturated rings. The first kappa shape index (κ1) is 17.2. The van der Waals surface area contributed by atoms with Crippen LogP contribution in [-0.4, -0.2) is 35.6 Å². The summed E-state index contributed by atoms with van der Waals surface area (Å²) < 4.78 is 5.31. The van der Waals surface area contributed by atoms with Crippen LogP contribution >= 0.6 is 0 Å². The number of rotatable bonds is 5. The summed E-state index contributed by atoms with van der Waals surface area (Å²) in [5, 5.41) is 0. The highest BCUT2D eigenvalue weighted by Gasteiger charge is 2.44. The molecule has 0 aromatic rings. The van der Waals surface area contributed by atoms with E-state index in [0.29, 0.717) is 12.2 Å². The summed E-state index contributed by atoms with van der Waals surface area (Å²) in [5.41, 5.74) is 0.785. The van der Waals surface area contributed by atoms with E-state index >= 15 is 0 Å². The van der Waals surface area contributed by atoms with Crippen LogP contribution < -0.4 is 0 Å². The molecular formula is C17H31NO2. The second-order valence-corrected chi connectivity index (χ2v) is 7.30. The van der Waals surface area contributed by atoms with Crippen molar-refractivity contribution in [1.29, 1.82) is 0 Å². The van der Waals surface area contributed by atoms with E-state index in [4.69, 9.17) is 4.74 Å². The lowest BCUT2D eigenvalue weighted by Crippen LogP contribution is -2.58. The molecule has 116 valence electrons. The van der Waals surface area contributed by atoms with E-state index in [9.17, 15) is 4.79 Å². The summed E-state index contributed by atoms with van der Waals surface area (Å²) in [6, 6.07) is 0. The number of nitrogens with zero attached hydrogens (tertiary/aromatic N) is 1. The number of hydrogen-bond acceptors (Lipinski definition) is 3. The molecule has 3 heteroatoms. The SMILES string of the molecule is C=C(C(=O)OCCCC)C1CC(C)(C)N(C)C(C)(C)C1. The fourth-order valence-electron chi connectivity index (χ4n) is 3.19. The average molecular weight is 281 g/mol. The number of piperidine rings is 1. The number of unbranched alkanes of at least 4 members (excludes halogenated alkanes) is 1. The van der Waals surface area contributed by atoms with Gasteiger partial charge >= 0.3 is 5.97 Å². The van der Waals surface area contributed by atoms with Gasteiger partial charge in [0.15, 0.2) is 0 Å². The molecule has 0 atom stereocenters. The Balaban J connectivity index is 2.72. The molecule has 0 unspecified atom stereocenters. The number of carbonyl (C=O) groups excluding carboxylic acids is 1. The van der Waals surface area contributed by atoms with E-state index in [-0.39, 0.29) is 23.0 Å². The largest absolute Gasteiger partial charge is 0.462 e. The summed E-state index contributed by atoms with van der Waals surface area (Å²) in [6.07, 6.45) is 3.86. The topological polar surface area (TPSA) is 29.5 Å². The van der Waals surface area contributed by atoms with Gasteiger partial charge in [-0.25, -0.2) is 4.79 Å². The second kappa shape index (κ2) is 6.30. The van der Waals surface area contributed by atoms with Gasteiger partial charge in [-0.15, -0.1) is 0 Å². The Kier molecular flexibility index (Phi) is 5.42. The molecule has 3 nitrogen and oxygen atoms in total. The lowest BCUT2D eigenvalue weighted by Gasteiger charge is -2.53. The standard InChI is InChI=1S/C17H31NO2/c1-8-9-10-20-15(19)13(2)14-11-16(3,4)18(7)17(5,6)12-14/h14H,2,8-12H2,1,3-7H3. The minimum Gasteiger partial charge on any atom is -0.462 e. The zero-order valence-electron chi connectivity index (χ0n) is 14.1. The number of ether oxygens (including phenoxy) is 1. The third-order valence-corrected chi connectivity index (χ3v) is 4.79. The first-order valence-corrected chi connectivity index (χ1v) is 7.71. The van der Waals surface area contributed by atoms with Crippen LogP contribution in [0.15, 0.2) is 12.2 Å². The number of hydrogen-bond donors (Lipinski definition) is 0. The van der Waals surface area contributed by atoms with E-state index in [2.05, 4.69) is 53.1 Å². The Bertz CT molecular complexity index is 353. The minimum atomic E-state index is -0.209. The van der Waals surface area contributed by atoms with Crippen molar-refractivity contribution in [3.8, 4) is 0 Å². The van der Waals surface area contributed by atoms with Crippen molar-refractivity contribution < 1.29 is 9.53 Å². The maximum absolute atomic E-state index is 12.1. The highest BCUT2D eigenvalue weighted by atomic mass is 16.5. The highest BCUT2D eigenvalue weighted by molar-refractivity contribution is 5.88. The molecule has 0 spiro atoms. The van der Waals surface area contributed by atoms with Gasteiger partial charge in [0.25, 0.3) is 0 Å². The summed E-state index contributed by atoms with van der Waals surface area (Å²) in [7, 11) is 2.17. The molecule has 0 aliphatic carbocycles. The number of carbonyl (C=O) groups is 1. The first-order chi connectivity index (χ1) is 9.12. The van der Waals surface area contributed by atoms with Crippen LogP contribution in [0.4, 0.5) is 0 Å². The Hall–Kier alpha value is -0.830. The van der Waals surface area contributed by atoms with Crippen LogP contribution in [0.2, 0.25) is 0 Å². The fraction of sp³-hybridized carbons (Fsp3) is 0.824. The first-order valence-electron chi connectivity index (χ1n) is 7.71. The van der Waals surface area contributed by atoms with Gasteiger partial charge in [0.2, 0.25) is 0 Å². The summed E-state index contributed by atoms with van der Waals surface area (Å²) >= 11 is 0. The number of esters is 1. The monoisotopic (exact) mass is 281 g/mol. The van der Waals surface area contributed by atoms with Gasteiger partial charge in [-0.05, 0) is 59.9 Å². The maximum Gasteiger partial charge on any atom is 0.333 e. The van der Waals surface area contributed by atoms with Crippen molar-refractivity contribution in [3.63, 3.8) is 0 Å². The van der Waals surface area contributed by atoms with Crippen molar-refractivity contribution in [2.24, 2.45) is 5.92 Å². The molecule has 0 amide bonds. The molecule has 20 heavy (non-hydrogen) atoms. The predicted octanol–water partition coefficient (Wildman–Crippen LogP) is 3.78. The fourth-order valence-corrected chi connectivity index (χ4v) is 3.19. The summed E-state index contributed by atoms with van der Waals surface area (Å²) in [6.45, 7) is 15.5. The van der Waals surface area contributed by atoms with Crippen LogP contribution in [0.25, 0.3) is 0 Å². The molecule has 1 aliphatic rings. The Morgan fingerprint density at radius 2 is 1.75 bits per heavy atom.